The molecule has 14 heavy (non-hydrogen) atoms. The molecule has 4 N–H and O–H groups in total. The van der Waals surface area contributed by atoms with E-state index in [1.807, 2.05) is 6.07 Å². The first-order chi connectivity index (χ1) is 6.69. The first kappa shape index (κ1) is 11.0. The Balaban J connectivity index is 2.89. The predicted octanol–water partition coefficient (Wildman–Crippen LogP) is 0.531. The highest BCUT2D eigenvalue weighted by atomic mass is 16.5. The van der Waals surface area contributed by atoms with Crippen molar-refractivity contribution >= 4 is 0 Å². The van der Waals surface area contributed by atoms with Crippen molar-refractivity contribution in [2.24, 2.45) is 5.73 Å². The molecule has 0 aliphatic heterocycles. The Morgan fingerprint density at radius 2 is 2.21 bits per heavy atom. The van der Waals surface area contributed by atoms with Gasteiger partial charge in [0.15, 0.2) is 0 Å². The molecule has 0 saturated heterocycles. The van der Waals surface area contributed by atoms with Crippen molar-refractivity contribution in [3.8, 4) is 5.75 Å². The zero-order valence-electron chi connectivity index (χ0n) is 8.10. The lowest BCUT2D eigenvalue weighted by atomic mass is 10.0. The number of methoxy groups -OCH3 is 1. The Bertz CT molecular complexity index is 301. The molecule has 0 fully saturated rings. The van der Waals surface area contributed by atoms with E-state index in [2.05, 4.69) is 0 Å². The van der Waals surface area contributed by atoms with Gasteiger partial charge in [-0.25, -0.2) is 0 Å². The van der Waals surface area contributed by atoms with E-state index in [1.54, 1.807) is 19.2 Å². The van der Waals surface area contributed by atoms with Crippen LogP contribution in [0, 0.1) is 0 Å². The maximum Gasteiger partial charge on any atom is 0.120 e. The zero-order valence-corrected chi connectivity index (χ0v) is 8.10. The first-order valence-electron chi connectivity index (χ1n) is 4.36. The molecule has 78 valence electrons. The van der Waals surface area contributed by atoms with Gasteiger partial charge in [-0.2, -0.15) is 0 Å². The fourth-order valence-corrected chi connectivity index (χ4v) is 1.26. The molecule has 1 aromatic carbocycles. The number of phenolic OH excluding ortho intramolecular Hbond substituents is 1. The lowest BCUT2D eigenvalue weighted by Gasteiger charge is -2.11. The van der Waals surface area contributed by atoms with Crippen LogP contribution in [0.25, 0.3) is 0 Å². The molecular weight excluding hydrogens is 182 g/mol. The van der Waals surface area contributed by atoms with E-state index in [-0.39, 0.29) is 12.4 Å². The van der Waals surface area contributed by atoms with Crippen LogP contribution in [0.1, 0.15) is 17.2 Å². The van der Waals surface area contributed by atoms with Gasteiger partial charge in [0.25, 0.3) is 0 Å². The van der Waals surface area contributed by atoms with Crippen LogP contribution in [0.2, 0.25) is 0 Å². The molecule has 1 unspecified atom stereocenters. The molecule has 1 atom stereocenters. The Morgan fingerprint density at radius 1 is 1.50 bits per heavy atom. The van der Waals surface area contributed by atoms with Crippen molar-refractivity contribution in [2.45, 2.75) is 12.6 Å². The Labute approximate surface area is 82.9 Å². The van der Waals surface area contributed by atoms with Gasteiger partial charge in [0.2, 0.25) is 0 Å². The molecular formula is C10H15NO3. The van der Waals surface area contributed by atoms with Crippen LogP contribution in [-0.2, 0) is 11.3 Å². The second-order valence-corrected chi connectivity index (χ2v) is 3.12. The van der Waals surface area contributed by atoms with Crippen LogP contribution < -0.4 is 5.73 Å². The third kappa shape index (κ3) is 2.45. The second kappa shape index (κ2) is 4.95. The second-order valence-electron chi connectivity index (χ2n) is 3.12. The number of ether oxygens (including phenoxy) is 1. The van der Waals surface area contributed by atoms with Gasteiger partial charge in [0.05, 0.1) is 19.3 Å². The molecule has 1 aromatic rings. The highest BCUT2D eigenvalue weighted by Crippen LogP contribution is 2.23. The summed E-state index contributed by atoms with van der Waals surface area (Å²) in [6.07, 6.45) is 0. The van der Waals surface area contributed by atoms with Gasteiger partial charge in [0, 0.05) is 12.7 Å². The summed E-state index contributed by atoms with van der Waals surface area (Å²) < 4.78 is 4.92. The molecule has 0 heterocycles. The standard InChI is InChI=1S/C10H15NO3/c1-14-6-7-2-3-8(9(11)5-12)10(13)4-7/h2-4,9,12-13H,5-6,11H2,1H3. The summed E-state index contributed by atoms with van der Waals surface area (Å²) in [7, 11) is 1.59. The van der Waals surface area contributed by atoms with E-state index in [0.29, 0.717) is 12.2 Å². The minimum Gasteiger partial charge on any atom is -0.508 e. The van der Waals surface area contributed by atoms with E-state index in [9.17, 15) is 5.11 Å². The summed E-state index contributed by atoms with van der Waals surface area (Å²) >= 11 is 0. The number of aliphatic hydroxyl groups excluding tert-OH is 1. The van der Waals surface area contributed by atoms with E-state index >= 15 is 0 Å². The van der Waals surface area contributed by atoms with Crippen LogP contribution in [0.5, 0.6) is 5.75 Å². The summed E-state index contributed by atoms with van der Waals surface area (Å²) in [5, 5.41) is 18.4. The molecule has 0 aliphatic carbocycles. The summed E-state index contributed by atoms with van der Waals surface area (Å²) in [5.41, 5.74) is 7.00. The number of hydrogen-bond donors (Lipinski definition) is 3. The molecule has 1 rings (SSSR count). The summed E-state index contributed by atoms with van der Waals surface area (Å²) in [6, 6.07) is 4.57. The van der Waals surface area contributed by atoms with Gasteiger partial charge >= 0.3 is 0 Å². The zero-order chi connectivity index (χ0) is 10.6. The normalized spacial score (nSPS) is 12.8. The first-order valence-corrected chi connectivity index (χ1v) is 4.36. The molecule has 4 heteroatoms. The van der Waals surface area contributed by atoms with Crippen LogP contribution in [0.15, 0.2) is 18.2 Å². The summed E-state index contributed by atoms with van der Waals surface area (Å²) in [4.78, 5) is 0. The lowest BCUT2D eigenvalue weighted by molar-refractivity contribution is 0.184. The number of aromatic hydroxyl groups is 1. The number of benzene rings is 1. The maximum absolute atomic E-state index is 9.57. The number of nitrogens with two attached hydrogens (primary N) is 1. The largest absolute Gasteiger partial charge is 0.508 e. The maximum atomic E-state index is 9.57. The molecule has 4 nitrogen and oxygen atoms in total. The average molecular weight is 197 g/mol. The molecule has 0 amide bonds. The van der Waals surface area contributed by atoms with Crippen LogP contribution in [-0.4, -0.2) is 23.9 Å². The van der Waals surface area contributed by atoms with E-state index in [4.69, 9.17) is 15.6 Å². The van der Waals surface area contributed by atoms with Gasteiger partial charge in [-0.1, -0.05) is 12.1 Å². The van der Waals surface area contributed by atoms with Crippen molar-refractivity contribution in [3.63, 3.8) is 0 Å². The SMILES string of the molecule is COCc1ccc(C(N)CO)c(O)c1. The number of aliphatic hydroxyl groups is 1. The third-order valence-electron chi connectivity index (χ3n) is 2.00. The molecule has 0 radical (unpaired) electrons. The molecule has 0 aliphatic rings. The van der Waals surface area contributed by atoms with Crippen molar-refractivity contribution in [1.29, 1.82) is 0 Å². The average Bonchev–Trinajstić information content (AvgIpc) is 2.17. The third-order valence-corrected chi connectivity index (χ3v) is 2.00. The van der Waals surface area contributed by atoms with Crippen molar-refractivity contribution in [2.75, 3.05) is 13.7 Å². The van der Waals surface area contributed by atoms with Crippen LogP contribution >= 0.6 is 0 Å². The van der Waals surface area contributed by atoms with Gasteiger partial charge in [-0.15, -0.1) is 0 Å². The quantitative estimate of drug-likeness (QED) is 0.658. The highest BCUT2D eigenvalue weighted by molar-refractivity contribution is 5.38. The van der Waals surface area contributed by atoms with Crippen molar-refractivity contribution in [3.05, 3.63) is 29.3 Å². The van der Waals surface area contributed by atoms with Crippen LogP contribution in [0.3, 0.4) is 0 Å². The molecule has 0 aromatic heterocycles. The highest BCUT2D eigenvalue weighted by Gasteiger charge is 2.09. The molecule has 0 saturated carbocycles. The van der Waals surface area contributed by atoms with E-state index < -0.39 is 6.04 Å². The summed E-state index contributed by atoms with van der Waals surface area (Å²) in [6.45, 7) is 0.263. The smallest absolute Gasteiger partial charge is 0.120 e. The van der Waals surface area contributed by atoms with Gasteiger partial charge in [-0.05, 0) is 11.6 Å². The Morgan fingerprint density at radius 3 is 2.71 bits per heavy atom. The number of phenols is 1. The van der Waals surface area contributed by atoms with Gasteiger partial charge in [0.1, 0.15) is 5.75 Å². The minimum absolute atomic E-state index is 0.0982. The monoisotopic (exact) mass is 197 g/mol. The predicted molar refractivity (Wildman–Crippen MR) is 52.8 cm³/mol. The lowest BCUT2D eigenvalue weighted by Crippen LogP contribution is -2.14. The fraction of sp³-hybridized carbons (Fsp3) is 0.400. The fourth-order valence-electron chi connectivity index (χ4n) is 1.26. The summed E-state index contributed by atoms with van der Waals surface area (Å²) in [5.74, 6) is 0.0982. The van der Waals surface area contributed by atoms with E-state index in [1.165, 1.54) is 0 Å². The number of rotatable bonds is 4. The Kier molecular flexibility index (Phi) is 3.88. The van der Waals surface area contributed by atoms with Gasteiger partial charge < -0.3 is 20.7 Å². The van der Waals surface area contributed by atoms with Crippen molar-refractivity contribution < 1.29 is 14.9 Å². The van der Waals surface area contributed by atoms with E-state index in [0.717, 1.165) is 5.56 Å². The molecule has 0 spiro atoms. The van der Waals surface area contributed by atoms with Crippen LogP contribution in [0.4, 0.5) is 0 Å². The topological polar surface area (TPSA) is 75.7 Å². The van der Waals surface area contributed by atoms with Gasteiger partial charge in [-0.3, -0.25) is 0 Å². The van der Waals surface area contributed by atoms with Crippen molar-refractivity contribution in [1.82, 2.24) is 0 Å². The minimum atomic E-state index is -0.536. The Hall–Kier alpha value is -1.10. The number of hydrogen-bond acceptors (Lipinski definition) is 4. The molecule has 0 bridgehead atoms.